The third kappa shape index (κ3) is 2.18. The predicted octanol–water partition coefficient (Wildman–Crippen LogP) is 3.31. The van der Waals surface area contributed by atoms with Gasteiger partial charge in [-0.1, -0.05) is 18.2 Å². The Morgan fingerprint density at radius 2 is 1.88 bits per heavy atom. The Hall–Kier alpha value is -2.16. The first-order valence-corrected chi connectivity index (χ1v) is 5.14. The van der Waals surface area contributed by atoms with E-state index in [9.17, 15) is 9.18 Å². The van der Waals surface area contributed by atoms with Crippen LogP contribution in [0.1, 0.15) is 10.4 Å². The zero-order valence-electron chi connectivity index (χ0n) is 9.31. The molecule has 2 aromatic rings. The molecule has 0 atom stereocenters. The van der Waals surface area contributed by atoms with Crippen molar-refractivity contribution in [1.29, 1.82) is 0 Å². The van der Waals surface area contributed by atoms with E-state index < -0.39 is 0 Å². The van der Waals surface area contributed by atoms with E-state index in [0.29, 0.717) is 28.7 Å². The monoisotopic (exact) mass is 230 g/mol. The van der Waals surface area contributed by atoms with Gasteiger partial charge in [-0.2, -0.15) is 0 Å². The van der Waals surface area contributed by atoms with Crippen molar-refractivity contribution in [3.05, 3.63) is 53.8 Å². The molecule has 0 aliphatic rings. The molecule has 0 aliphatic carbocycles. The van der Waals surface area contributed by atoms with Gasteiger partial charge in [-0.3, -0.25) is 4.79 Å². The smallest absolute Gasteiger partial charge is 0.150 e. The van der Waals surface area contributed by atoms with Gasteiger partial charge in [0.25, 0.3) is 0 Å². The molecule has 0 amide bonds. The van der Waals surface area contributed by atoms with Crippen molar-refractivity contribution in [2.75, 3.05) is 7.11 Å². The first-order chi connectivity index (χ1) is 8.26. The fourth-order valence-corrected chi connectivity index (χ4v) is 1.68. The molecule has 2 aromatic carbocycles. The van der Waals surface area contributed by atoms with E-state index in [2.05, 4.69) is 0 Å². The van der Waals surface area contributed by atoms with Crippen LogP contribution in [0.2, 0.25) is 0 Å². The predicted molar refractivity (Wildman–Crippen MR) is 63.8 cm³/mol. The second-order valence-corrected chi connectivity index (χ2v) is 3.55. The molecule has 0 aliphatic heterocycles. The lowest BCUT2D eigenvalue weighted by atomic mass is 9.99. The van der Waals surface area contributed by atoms with Gasteiger partial charge >= 0.3 is 0 Å². The number of carbonyl (C=O) groups is 1. The van der Waals surface area contributed by atoms with E-state index in [0.717, 1.165) is 0 Å². The Morgan fingerprint density at radius 1 is 1.12 bits per heavy atom. The highest BCUT2D eigenvalue weighted by Crippen LogP contribution is 2.28. The lowest BCUT2D eigenvalue weighted by Gasteiger charge is -2.08. The molecule has 2 nitrogen and oxygen atoms in total. The minimum absolute atomic E-state index is 0.358. The number of hydrogen-bond donors (Lipinski definition) is 0. The molecular formula is C14H11FO2. The van der Waals surface area contributed by atoms with Crippen LogP contribution in [-0.2, 0) is 0 Å². The van der Waals surface area contributed by atoms with Crippen molar-refractivity contribution in [2.45, 2.75) is 0 Å². The molecule has 0 bridgehead atoms. The van der Waals surface area contributed by atoms with Crippen LogP contribution in [0.5, 0.6) is 5.75 Å². The number of aldehydes is 1. The van der Waals surface area contributed by atoms with Crippen LogP contribution in [0.4, 0.5) is 4.39 Å². The highest BCUT2D eigenvalue weighted by molar-refractivity contribution is 5.88. The van der Waals surface area contributed by atoms with Gasteiger partial charge in [0.05, 0.1) is 7.11 Å². The Morgan fingerprint density at radius 3 is 2.53 bits per heavy atom. The average Bonchev–Trinajstić information content (AvgIpc) is 2.38. The van der Waals surface area contributed by atoms with E-state index >= 15 is 0 Å². The Kier molecular flexibility index (Phi) is 3.19. The van der Waals surface area contributed by atoms with Crippen molar-refractivity contribution in [3.8, 4) is 16.9 Å². The number of ether oxygens (including phenoxy) is 1. The molecule has 0 fully saturated rings. The van der Waals surface area contributed by atoms with E-state index in [1.165, 1.54) is 13.2 Å². The number of halogens is 1. The standard InChI is InChI=1S/C14H11FO2/c1-17-11-7-6-10(9-16)13(8-11)12-4-2-3-5-14(12)15/h2-9H,1H3. The summed E-state index contributed by atoms with van der Waals surface area (Å²) in [5.74, 6) is 0.234. The number of carbonyl (C=O) groups excluding carboxylic acids is 1. The summed E-state index contributed by atoms with van der Waals surface area (Å²) in [5.41, 5.74) is 1.38. The maximum Gasteiger partial charge on any atom is 0.150 e. The fourth-order valence-electron chi connectivity index (χ4n) is 1.68. The van der Waals surface area contributed by atoms with Crippen LogP contribution in [0.25, 0.3) is 11.1 Å². The lowest BCUT2D eigenvalue weighted by molar-refractivity contribution is 0.112. The second-order valence-electron chi connectivity index (χ2n) is 3.55. The molecule has 17 heavy (non-hydrogen) atoms. The van der Waals surface area contributed by atoms with Gasteiger partial charge in [0.2, 0.25) is 0 Å². The zero-order valence-corrected chi connectivity index (χ0v) is 9.31. The summed E-state index contributed by atoms with van der Waals surface area (Å²) >= 11 is 0. The van der Waals surface area contributed by atoms with Gasteiger partial charge in [0.1, 0.15) is 11.6 Å². The maximum absolute atomic E-state index is 13.7. The van der Waals surface area contributed by atoms with Crippen LogP contribution in [-0.4, -0.2) is 13.4 Å². The Bertz CT molecular complexity index is 550. The third-order valence-electron chi connectivity index (χ3n) is 2.55. The van der Waals surface area contributed by atoms with Crippen LogP contribution in [0.15, 0.2) is 42.5 Å². The Balaban J connectivity index is 2.64. The summed E-state index contributed by atoms with van der Waals surface area (Å²) in [4.78, 5) is 10.9. The van der Waals surface area contributed by atoms with Crippen LogP contribution >= 0.6 is 0 Å². The van der Waals surface area contributed by atoms with Crippen molar-refractivity contribution in [2.24, 2.45) is 0 Å². The SMILES string of the molecule is COc1ccc(C=O)c(-c2ccccc2F)c1. The maximum atomic E-state index is 13.7. The highest BCUT2D eigenvalue weighted by Gasteiger charge is 2.10. The summed E-state index contributed by atoms with van der Waals surface area (Å²) in [6.07, 6.45) is 0.710. The summed E-state index contributed by atoms with van der Waals surface area (Å²) in [5, 5.41) is 0. The first kappa shape index (κ1) is 11.3. The van der Waals surface area contributed by atoms with Gasteiger partial charge in [-0.25, -0.2) is 4.39 Å². The number of methoxy groups -OCH3 is 1. The van der Waals surface area contributed by atoms with Gasteiger partial charge < -0.3 is 4.74 Å². The number of rotatable bonds is 3. The number of benzene rings is 2. The Labute approximate surface area is 98.7 Å². The van der Waals surface area contributed by atoms with Crippen LogP contribution < -0.4 is 4.74 Å². The topological polar surface area (TPSA) is 26.3 Å². The summed E-state index contributed by atoms with van der Waals surface area (Å²) in [6, 6.07) is 11.3. The molecule has 3 heteroatoms. The quantitative estimate of drug-likeness (QED) is 0.756. The lowest BCUT2D eigenvalue weighted by Crippen LogP contribution is -1.92. The zero-order chi connectivity index (χ0) is 12.3. The van der Waals surface area contributed by atoms with Gasteiger partial charge in [0, 0.05) is 11.1 Å². The molecule has 0 N–H and O–H groups in total. The molecule has 0 saturated carbocycles. The summed E-state index contributed by atoms with van der Waals surface area (Å²) in [7, 11) is 1.53. The van der Waals surface area contributed by atoms with E-state index in [1.807, 2.05) is 0 Å². The highest BCUT2D eigenvalue weighted by atomic mass is 19.1. The minimum Gasteiger partial charge on any atom is -0.497 e. The average molecular weight is 230 g/mol. The molecule has 0 aromatic heterocycles. The fraction of sp³-hybridized carbons (Fsp3) is 0.0714. The van der Waals surface area contributed by atoms with Gasteiger partial charge in [0.15, 0.2) is 6.29 Å². The molecule has 86 valence electrons. The van der Waals surface area contributed by atoms with Crippen LogP contribution in [0.3, 0.4) is 0 Å². The van der Waals surface area contributed by atoms with E-state index in [-0.39, 0.29) is 5.82 Å². The first-order valence-electron chi connectivity index (χ1n) is 5.14. The van der Waals surface area contributed by atoms with Crippen molar-refractivity contribution >= 4 is 6.29 Å². The summed E-state index contributed by atoms with van der Waals surface area (Å²) in [6.45, 7) is 0. The van der Waals surface area contributed by atoms with Crippen molar-refractivity contribution < 1.29 is 13.9 Å². The molecule has 0 spiro atoms. The van der Waals surface area contributed by atoms with E-state index in [4.69, 9.17) is 4.74 Å². The normalized spacial score (nSPS) is 10.0. The largest absolute Gasteiger partial charge is 0.497 e. The second kappa shape index (κ2) is 4.78. The number of hydrogen-bond acceptors (Lipinski definition) is 2. The van der Waals surface area contributed by atoms with E-state index in [1.54, 1.807) is 36.4 Å². The molecule has 2 rings (SSSR count). The van der Waals surface area contributed by atoms with Crippen molar-refractivity contribution in [3.63, 3.8) is 0 Å². The van der Waals surface area contributed by atoms with Gasteiger partial charge in [-0.05, 0) is 29.8 Å². The molecular weight excluding hydrogens is 219 g/mol. The molecule has 0 unspecified atom stereocenters. The third-order valence-corrected chi connectivity index (χ3v) is 2.55. The minimum atomic E-state index is -0.358. The van der Waals surface area contributed by atoms with Gasteiger partial charge in [-0.15, -0.1) is 0 Å². The molecule has 0 heterocycles. The summed E-state index contributed by atoms with van der Waals surface area (Å²) < 4.78 is 18.7. The van der Waals surface area contributed by atoms with Crippen LogP contribution in [0, 0.1) is 5.82 Å². The van der Waals surface area contributed by atoms with Crippen molar-refractivity contribution in [1.82, 2.24) is 0 Å². The molecule has 0 saturated heterocycles. The molecule has 0 radical (unpaired) electrons.